The quantitative estimate of drug-likeness (QED) is 0.740. The largest absolute Gasteiger partial charge is 0.480 e. The molecule has 0 atom stereocenters. The number of ether oxygens (including phenoxy) is 2. The number of methoxy groups -OCH3 is 1. The fraction of sp³-hybridized carbons (Fsp3) is 0.368. The summed E-state index contributed by atoms with van der Waals surface area (Å²) >= 11 is 0. The van der Waals surface area contributed by atoms with Crippen molar-refractivity contribution in [3.05, 3.63) is 47.8 Å². The van der Waals surface area contributed by atoms with Crippen molar-refractivity contribution in [2.75, 3.05) is 44.8 Å². The van der Waals surface area contributed by atoms with E-state index in [2.05, 4.69) is 14.9 Å². The van der Waals surface area contributed by atoms with Gasteiger partial charge in [-0.05, 0) is 31.2 Å². The number of nitrogens with zero attached hydrogens (tertiary/aromatic N) is 4. The van der Waals surface area contributed by atoms with Crippen molar-refractivity contribution in [3.63, 3.8) is 0 Å². The normalized spacial score (nSPS) is 14.0. The molecular formula is C19H22N4O4. The van der Waals surface area contributed by atoms with Crippen LogP contribution >= 0.6 is 0 Å². The highest BCUT2D eigenvalue weighted by molar-refractivity contribution is 5.96. The van der Waals surface area contributed by atoms with Gasteiger partial charge in [0.15, 0.2) is 0 Å². The van der Waals surface area contributed by atoms with Gasteiger partial charge in [-0.2, -0.15) is 0 Å². The Labute approximate surface area is 157 Å². The number of piperazine rings is 1. The smallest absolute Gasteiger partial charge is 0.339 e. The molecule has 0 aromatic carbocycles. The van der Waals surface area contributed by atoms with Gasteiger partial charge in [0.05, 0.1) is 19.3 Å². The highest BCUT2D eigenvalue weighted by atomic mass is 16.5. The molecule has 27 heavy (non-hydrogen) atoms. The van der Waals surface area contributed by atoms with Crippen molar-refractivity contribution in [2.45, 2.75) is 6.92 Å². The molecule has 0 spiro atoms. The van der Waals surface area contributed by atoms with Gasteiger partial charge in [-0.15, -0.1) is 0 Å². The van der Waals surface area contributed by atoms with E-state index >= 15 is 0 Å². The first-order valence-corrected chi connectivity index (χ1v) is 8.80. The Balaban J connectivity index is 1.62. The van der Waals surface area contributed by atoms with Crippen LogP contribution in [0.15, 0.2) is 36.7 Å². The minimum absolute atomic E-state index is 0.0924. The summed E-state index contributed by atoms with van der Waals surface area (Å²) < 4.78 is 10.1. The molecule has 0 unspecified atom stereocenters. The third-order valence-electron chi connectivity index (χ3n) is 4.34. The number of carbonyl (C=O) groups excluding carboxylic acids is 2. The summed E-state index contributed by atoms with van der Waals surface area (Å²) in [5.74, 6) is 0.637. The first-order chi connectivity index (χ1) is 13.1. The summed E-state index contributed by atoms with van der Waals surface area (Å²) in [6.07, 6.45) is 3.12. The maximum absolute atomic E-state index is 12.7. The number of esters is 1. The van der Waals surface area contributed by atoms with Crippen LogP contribution in [0.4, 0.5) is 5.82 Å². The van der Waals surface area contributed by atoms with Crippen molar-refractivity contribution in [2.24, 2.45) is 0 Å². The number of hydrogen-bond donors (Lipinski definition) is 0. The Morgan fingerprint density at radius 3 is 2.52 bits per heavy atom. The average molecular weight is 370 g/mol. The van der Waals surface area contributed by atoms with Crippen molar-refractivity contribution in [3.8, 4) is 5.88 Å². The Kier molecular flexibility index (Phi) is 5.85. The molecule has 3 heterocycles. The molecular weight excluding hydrogens is 348 g/mol. The molecule has 0 bridgehead atoms. The topological polar surface area (TPSA) is 84.9 Å². The summed E-state index contributed by atoms with van der Waals surface area (Å²) in [6.45, 7) is 4.54. The van der Waals surface area contributed by atoms with Crippen molar-refractivity contribution in [1.82, 2.24) is 14.9 Å². The zero-order valence-corrected chi connectivity index (χ0v) is 15.4. The Bertz CT molecular complexity index is 802. The summed E-state index contributed by atoms with van der Waals surface area (Å²) in [4.78, 5) is 36.7. The van der Waals surface area contributed by atoms with E-state index in [-0.39, 0.29) is 11.9 Å². The molecule has 2 aromatic rings. The molecule has 1 saturated heterocycles. The van der Waals surface area contributed by atoms with E-state index in [0.717, 1.165) is 5.82 Å². The number of rotatable bonds is 5. The SMILES string of the molecule is CCOC(=O)c1ccc(N2CCN(C(=O)c3cccnc3OC)CC2)nc1. The predicted molar refractivity (Wildman–Crippen MR) is 99.1 cm³/mol. The lowest BCUT2D eigenvalue weighted by molar-refractivity contribution is 0.0525. The summed E-state index contributed by atoms with van der Waals surface area (Å²) in [5, 5.41) is 0. The van der Waals surface area contributed by atoms with Gasteiger partial charge in [0, 0.05) is 38.6 Å². The number of anilines is 1. The molecule has 1 aliphatic heterocycles. The number of hydrogen-bond acceptors (Lipinski definition) is 7. The van der Waals surface area contributed by atoms with Crippen LogP contribution in [-0.4, -0.2) is 66.6 Å². The molecule has 1 fully saturated rings. The summed E-state index contributed by atoms with van der Waals surface area (Å²) in [5.41, 5.74) is 0.892. The van der Waals surface area contributed by atoms with Gasteiger partial charge >= 0.3 is 5.97 Å². The van der Waals surface area contributed by atoms with E-state index in [9.17, 15) is 9.59 Å². The molecule has 0 N–H and O–H groups in total. The standard InChI is InChI=1S/C19H22N4O4/c1-3-27-19(25)14-6-7-16(21-13-14)22-9-11-23(12-10-22)18(24)15-5-4-8-20-17(15)26-2/h4-8,13H,3,9-12H2,1-2H3. The van der Waals surface area contributed by atoms with E-state index in [1.165, 1.54) is 13.3 Å². The number of aromatic nitrogens is 2. The minimum atomic E-state index is -0.377. The van der Waals surface area contributed by atoms with Crippen LogP contribution in [0.2, 0.25) is 0 Å². The molecule has 0 radical (unpaired) electrons. The van der Waals surface area contributed by atoms with Crippen LogP contribution in [0.1, 0.15) is 27.6 Å². The van der Waals surface area contributed by atoms with E-state index < -0.39 is 0 Å². The average Bonchev–Trinajstić information content (AvgIpc) is 2.73. The Hall–Kier alpha value is -3.16. The Morgan fingerprint density at radius 2 is 1.89 bits per heavy atom. The van der Waals surface area contributed by atoms with E-state index in [0.29, 0.717) is 49.8 Å². The lowest BCUT2D eigenvalue weighted by Gasteiger charge is -2.35. The summed E-state index contributed by atoms with van der Waals surface area (Å²) in [6, 6.07) is 6.95. The number of pyridine rings is 2. The lowest BCUT2D eigenvalue weighted by atomic mass is 10.2. The van der Waals surface area contributed by atoms with Crippen molar-refractivity contribution in [1.29, 1.82) is 0 Å². The fourth-order valence-corrected chi connectivity index (χ4v) is 2.93. The number of amides is 1. The van der Waals surface area contributed by atoms with Gasteiger partial charge in [0.2, 0.25) is 5.88 Å². The van der Waals surface area contributed by atoms with Crippen LogP contribution in [-0.2, 0) is 4.74 Å². The van der Waals surface area contributed by atoms with Gasteiger partial charge in [-0.1, -0.05) is 0 Å². The van der Waals surface area contributed by atoms with Crippen molar-refractivity contribution < 1.29 is 19.1 Å². The van der Waals surface area contributed by atoms with Gasteiger partial charge in [0.25, 0.3) is 5.91 Å². The van der Waals surface area contributed by atoms with Crippen LogP contribution in [0.5, 0.6) is 5.88 Å². The van der Waals surface area contributed by atoms with Crippen LogP contribution in [0.3, 0.4) is 0 Å². The first kappa shape index (κ1) is 18.6. The van der Waals surface area contributed by atoms with E-state index in [4.69, 9.17) is 9.47 Å². The molecule has 8 nitrogen and oxygen atoms in total. The molecule has 1 amide bonds. The molecule has 3 rings (SSSR count). The van der Waals surface area contributed by atoms with E-state index in [1.54, 1.807) is 42.3 Å². The monoisotopic (exact) mass is 370 g/mol. The van der Waals surface area contributed by atoms with E-state index in [1.807, 2.05) is 0 Å². The maximum atomic E-state index is 12.7. The van der Waals surface area contributed by atoms with Gasteiger partial charge < -0.3 is 19.3 Å². The molecule has 0 saturated carbocycles. The third-order valence-corrected chi connectivity index (χ3v) is 4.34. The highest BCUT2D eigenvalue weighted by Crippen LogP contribution is 2.19. The van der Waals surface area contributed by atoms with Gasteiger partial charge in [-0.3, -0.25) is 4.79 Å². The maximum Gasteiger partial charge on any atom is 0.339 e. The first-order valence-electron chi connectivity index (χ1n) is 8.80. The highest BCUT2D eigenvalue weighted by Gasteiger charge is 2.25. The van der Waals surface area contributed by atoms with Crippen molar-refractivity contribution >= 4 is 17.7 Å². The second-order valence-electron chi connectivity index (χ2n) is 5.97. The third kappa shape index (κ3) is 4.16. The fourth-order valence-electron chi connectivity index (χ4n) is 2.93. The molecule has 1 aliphatic rings. The molecule has 142 valence electrons. The summed E-state index contributed by atoms with van der Waals surface area (Å²) in [7, 11) is 1.50. The zero-order chi connectivity index (χ0) is 19.2. The van der Waals surface area contributed by atoms with Gasteiger partial charge in [0.1, 0.15) is 11.4 Å². The Morgan fingerprint density at radius 1 is 1.11 bits per heavy atom. The van der Waals surface area contributed by atoms with Crippen LogP contribution in [0.25, 0.3) is 0 Å². The predicted octanol–water partition coefficient (Wildman–Crippen LogP) is 1.62. The van der Waals surface area contributed by atoms with Crippen LogP contribution in [0, 0.1) is 0 Å². The number of carbonyl (C=O) groups is 2. The van der Waals surface area contributed by atoms with Gasteiger partial charge in [-0.25, -0.2) is 14.8 Å². The van der Waals surface area contributed by atoms with Crippen LogP contribution < -0.4 is 9.64 Å². The second kappa shape index (κ2) is 8.48. The molecule has 0 aliphatic carbocycles. The second-order valence-corrected chi connectivity index (χ2v) is 5.97. The lowest BCUT2D eigenvalue weighted by Crippen LogP contribution is -2.49. The minimum Gasteiger partial charge on any atom is -0.480 e. The zero-order valence-electron chi connectivity index (χ0n) is 15.4. The molecule has 8 heteroatoms. The molecule has 2 aromatic heterocycles.